The molecule has 0 fully saturated rings. The molecule has 1 atom stereocenters. The van der Waals surface area contributed by atoms with E-state index < -0.39 is 0 Å². The summed E-state index contributed by atoms with van der Waals surface area (Å²) in [5.41, 5.74) is 1.19. The molecular weight excluding hydrogens is 230 g/mol. The Morgan fingerprint density at radius 3 is 3.22 bits per heavy atom. The van der Waals surface area contributed by atoms with E-state index in [0.717, 1.165) is 19.4 Å². The molecule has 0 saturated carbocycles. The van der Waals surface area contributed by atoms with Crippen molar-refractivity contribution in [1.82, 2.24) is 24.9 Å². The molecule has 3 rings (SSSR count). The van der Waals surface area contributed by atoms with E-state index in [4.69, 9.17) is 0 Å². The Balaban J connectivity index is 1.56. The Kier molecular flexibility index (Phi) is 2.84. The van der Waals surface area contributed by atoms with Gasteiger partial charge in [-0.15, -0.1) is 0 Å². The molecule has 1 N–H and O–H groups in total. The van der Waals surface area contributed by atoms with Crippen molar-refractivity contribution in [1.29, 1.82) is 0 Å². The van der Waals surface area contributed by atoms with Gasteiger partial charge in [-0.3, -0.25) is 14.2 Å². The van der Waals surface area contributed by atoms with Gasteiger partial charge in [0.2, 0.25) is 5.91 Å². The van der Waals surface area contributed by atoms with E-state index in [1.165, 1.54) is 5.69 Å². The molecule has 6 heteroatoms. The first-order chi connectivity index (χ1) is 8.81. The minimum atomic E-state index is 0.0108. The number of carbonyl (C=O) groups is 1. The molecule has 94 valence electrons. The summed E-state index contributed by atoms with van der Waals surface area (Å²) in [4.78, 5) is 11.8. The number of carbonyl (C=O) groups excluding carboxylic acids is 1. The maximum Gasteiger partial charge on any atom is 0.241 e. The lowest BCUT2D eigenvalue weighted by molar-refractivity contribution is -0.122. The van der Waals surface area contributed by atoms with E-state index in [1.807, 2.05) is 23.0 Å². The minimum absolute atomic E-state index is 0.0108. The zero-order valence-corrected chi connectivity index (χ0v) is 9.99. The number of nitrogens with zero attached hydrogens (tertiary/aromatic N) is 4. The number of aryl methyl sites for hydroxylation is 1. The van der Waals surface area contributed by atoms with Crippen molar-refractivity contribution < 1.29 is 4.79 Å². The first-order valence-corrected chi connectivity index (χ1v) is 6.09. The van der Waals surface area contributed by atoms with Crippen LogP contribution >= 0.6 is 0 Å². The van der Waals surface area contributed by atoms with Crippen molar-refractivity contribution in [3.8, 4) is 0 Å². The zero-order chi connectivity index (χ0) is 12.4. The third-order valence-electron chi connectivity index (χ3n) is 3.18. The summed E-state index contributed by atoms with van der Waals surface area (Å²) in [5.74, 6) is 0.0108. The second-order valence-electron chi connectivity index (χ2n) is 4.51. The Morgan fingerprint density at radius 1 is 1.44 bits per heavy atom. The van der Waals surface area contributed by atoms with Crippen LogP contribution in [0.15, 0.2) is 30.7 Å². The minimum Gasteiger partial charge on any atom is -0.351 e. The lowest BCUT2D eigenvalue weighted by Crippen LogP contribution is -2.41. The van der Waals surface area contributed by atoms with Crippen molar-refractivity contribution in [2.45, 2.75) is 32.0 Å². The zero-order valence-electron chi connectivity index (χ0n) is 9.99. The molecule has 18 heavy (non-hydrogen) atoms. The summed E-state index contributed by atoms with van der Waals surface area (Å²) in [6.07, 6.45) is 7.05. The van der Waals surface area contributed by atoms with Gasteiger partial charge in [0.1, 0.15) is 6.54 Å². The summed E-state index contributed by atoms with van der Waals surface area (Å²) < 4.78 is 3.62. The smallest absolute Gasteiger partial charge is 0.241 e. The fourth-order valence-electron chi connectivity index (χ4n) is 2.31. The molecule has 0 aromatic carbocycles. The van der Waals surface area contributed by atoms with Crippen molar-refractivity contribution in [3.05, 3.63) is 36.4 Å². The SMILES string of the molecule is O=C(Cn1cccn1)NC1CCn2nccc2C1. The third-order valence-corrected chi connectivity index (χ3v) is 3.18. The van der Waals surface area contributed by atoms with Gasteiger partial charge in [-0.2, -0.15) is 10.2 Å². The van der Waals surface area contributed by atoms with Gasteiger partial charge in [0.15, 0.2) is 0 Å². The summed E-state index contributed by atoms with van der Waals surface area (Å²) in [6.45, 7) is 1.15. The molecule has 1 aliphatic heterocycles. The average molecular weight is 245 g/mol. The van der Waals surface area contributed by atoms with E-state index in [1.54, 1.807) is 17.1 Å². The summed E-state index contributed by atoms with van der Waals surface area (Å²) >= 11 is 0. The number of aromatic nitrogens is 4. The van der Waals surface area contributed by atoms with Crippen LogP contribution < -0.4 is 5.32 Å². The molecule has 0 spiro atoms. The molecule has 2 aromatic heterocycles. The van der Waals surface area contributed by atoms with Gasteiger partial charge in [-0.1, -0.05) is 0 Å². The second kappa shape index (κ2) is 4.64. The summed E-state index contributed by atoms with van der Waals surface area (Å²) in [5, 5.41) is 11.3. The molecule has 1 unspecified atom stereocenters. The lowest BCUT2D eigenvalue weighted by Gasteiger charge is -2.24. The highest BCUT2D eigenvalue weighted by Crippen LogP contribution is 2.13. The fourth-order valence-corrected chi connectivity index (χ4v) is 2.31. The van der Waals surface area contributed by atoms with Gasteiger partial charge in [-0.25, -0.2) is 0 Å². The van der Waals surface area contributed by atoms with Crippen LogP contribution in [0.4, 0.5) is 0 Å². The van der Waals surface area contributed by atoms with Crippen LogP contribution in [-0.2, 0) is 24.3 Å². The summed E-state index contributed by atoms with van der Waals surface area (Å²) in [7, 11) is 0. The van der Waals surface area contributed by atoms with Crippen LogP contribution in [0.3, 0.4) is 0 Å². The molecule has 2 aromatic rings. The number of hydrogen-bond donors (Lipinski definition) is 1. The monoisotopic (exact) mass is 245 g/mol. The van der Waals surface area contributed by atoms with E-state index in [0.29, 0.717) is 0 Å². The molecule has 6 nitrogen and oxygen atoms in total. The second-order valence-corrected chi connectivity index (χ2v) is 4.51. The Labute approximate surface area is 105 Å². The predicted octanol–water partition coefficient (Wildman–Crippen LogP) is 0.211. The average Bonchev–Trinajstić information content (AvgIpc) is 2.98. The van der Waals surface area contributed by atoms with Crippen LogP contribution in [0, 0.1) is 0 Å². The van der Waals surface area contributed by atoms with Gasteiger partial charge in [0.25, 0.3) is 0 Å². The highest BCUT2D eigenvalue weighted by Gasteiger charge is 2.20. The molecule has 0 radical (unpaired) electrons. The van der Waals surface area contributed by atoms with Gasteiger partial charge < -0.3 is 5.32 Å². The maximum atomic E-state index is 11.8. The van der Waals surface area contributed by atoms with Crippen LogP contribution in [0.1, 0.15) is 12.1 Å². The molecular formula is C12H15N5O. The Morgan fingerprint density at radius 2 is 2.39 bits per heavy atom. The van der Waals surface area contributed by atoms with E-state index in [9.17, 15) is 4.79 Å². The quantitative estimate of drug-likeness (QED) is 0.840. The molecule has 1 amide bonds. The van der Waals surface area contributed by atoms with Crippen LogP contribution in [0.25, 0.3) is 0 Å². The largest absolute Gasteiger partial charge is 0.351 e. The van der Waals surface area contributed by atoms with Gasteiger partial charge in [0.05, 0.1) is 0 Å². The van der Waals surface area contributed by atoms with Crippen LogP contribution in [0.5, 0.6) is 0 Å². The van der Waals surface area contributed by atoms with Crippen molar-refractivity contribution in [3.63, 3.8) is 0 Å². The lowest BCUT2D eigenvalue weighted by atomic mass is 10.0. The van der Waals surface area contributed by atoms with Gasteiger partial charge in [0, 0.05) is 43.3 Å². The number of rotatable bonds is 3. The van der Waals surface area contributed by atoms with Crippen molar-refractivity contribution >= 4 is 5.91 Å². The van der Waals surface area contributed by atoms with E-state index >= 15 is 0 Å². The number of nitrogens with one attached hydrogen (secondary N) is 1. The van der Waals surface area contributed by atoms with E-state index in [2.05, 4.69) is 15.5 Å². The predicted molar refractivity (Wildman–Crippen MR) is 64.7 cm³/mol. The van der Waals surface area contributed by atoms with Gasteiger partial charge >= 0.3 is 0 Å². The van der Waals surface area contributed by atoms with Crippen molar-refractivity contribution in [2.24, 2.45) is 0 Å². The molecule has 0 saturated heterocycles. The van der Waals surface area contributed by atoms with E-state index in [-0.39, 0.29) is 18.5 Å². The third kappa shape index (κ3) is 2.27. The molecule has 3 heterocycles. The normalized spacial score (nSPS) is 18.3. The molecule has 1 aliphatic rings. The standard InChI is InChI=1S/C12H15N5O/c18-12(9-16-6-1-4-13-16)15-10-3-7-17-11(8-10)2-5-14-17/h1-2,4-6,10H,3,7-9H2,(H,15,18). The number of amides is 1. The van der Waals surface area contributed by atoms with Gasteiger partial charge in [-0.05, 0) is 18.6 Å². The number of hydrogen-bond acceptors (Lipinski definition) is 3. The highest BCUT2D eigenvalue weighted by atomic mass is 16.2. The first kappa shape index (κ1) is 11.0. The number of fused-ring (bicyclic) bond motifs is 1. The Bertz CT molecular complexity index is 530. The Hall–Kier alpha value is -2.11. The maximum absolute atomic E-state index is 11.8. The highest BCUT2D eigenvalue weighted by molar-refractivity contribution is 5.76. The topological polar surface area (TPSA) is 64.7 Å². The first-order valence-electron chi connectivity index (χ1n) is 6.09. The van der Waals surface area contributed by atoms with Crippen LogP contribution in [0.2, 0.25) is 0 Å². The molecule has 0 bridgehead atoms. The van der Waals surface area contributed by atoms with Crippen molar-refractivity contribution in [2.75, 3.05) is 0 Å². The summed E-state index contributed by atoms with van der Waals surface area (Å²) in [6, 6.07) is 4.02. The molecule has 0 aliphatic carbocycles. The fraction of sp³-hybridized carbons (Fsp3) is 0.417. The van der Waals surface area contributed by atoms with Crippen LogP contribution in [-0.4, -0.2) is 31.5 Å².